The lowest BCUT2D eigenvalue weighted by Gasteiger charge is -2.34. The zero-order valence-electron chi connectivity index (χ0n) is 23.7. The summed E-state index contributed by atoms with van der Waals surface area (Å²) in [5, 5.41) is 0. The van der Waals surface area contributed by atoms with Crippen LogP contribution in [-0.2, 0) is 12.8 Å². The number of halogens is 2. The van der Waals surface area contributed by atoms with Crippen LogP contribution in [0.15, 0.2) is 60.7 Å². The second-order valence-corrected chi connectivity index (χ2v) is 11.9. The number of benzene rings is 2. The lowest BCUT2D eigenvalue weighted by atomic mass is 9.71. The summed E-state index contributed by atoms with van der Waals surface area (Å²) in [7, 11) is 0. The number of allylic oxidation sites excluding steroid dienone is 4. The van der Waals surface area contributed by atoms with E-state index < -0.39 is 11.6 Å². The molecule has 0 aliphatic heterocycles. The Morgan fingerprint density at radius 1 is 0.763 bits per heavy atom. The highest BCUT2D eigenvalue weighted by Crippen LogP contribution is 2.39. The van der Waals surface area contributed by atoms with Crippen molar-refractivity contribution in [2.24, 2.45) is 23.7 Å². The van der Waals surface area contributed by atoms with Crippen LogP contribution in [0, 0.1) is 35.3 Å². The first-order chi connectivity index (χ1) is 18.6. The summed E-state index contributed by atoms with van der Waals surface area (Å²) < 4.78 is 29.0. The topological polar surface area (TPSA) is 0 Å². The fourth-order valence-electron chi connectivity index (χ4n) is 6.62. The average molecular weight is 519 g/mol. The minimum Gasteiger partial charge on any atom is -0.203 e. The minimum atomic E-state index is -0.729. The molecule has 0 N–H and O–H groups in total. The highest BCUT2D eigenvalue weighted by molar-refractivity contribution is 5.65. The molecule has 0 radical (unpaired) electrons. The molecule has 1 saturated carbocycles. The van der Waals surface area contributed by atoms with Crippen molar-refractivity contribution >= 4 is 0 Å². The van der Waals surface area contributed by atoms with Gasteiger partial charge in [-0.15, -0.1) is 0 Å². The molecule has 2 aliphatic carbocycles. The molecule has 206 valence electrons. The molecule has 0 aromatic heterocycles. The van der Waals surface area contributed by atoms with Gasteiger partial charge in [0.1, 0.15) is 0 Å². The van der Waals surface area contributed by atoms with Gasteiger partial charge >= 0.3 is 0 Å². The number of rotatable bonds is 12. The SMILES string of the molecule is CCCCCC1C=CC(C2CCC(C=CCCc3ccc(-c4ccc(CCC)c(F)c4F)cc3)CC2)CC1. The molecule has 2 aromatic carbocycles. The Bertz CT molecular complexity index is 1040. The van der Waals surface area contributed by atoms with E-state index in [0.717, 1.165) is 48.5 Å². The van der Waals surface area contributed by atoms with Gasteiger partial charge in [-0.2, -0.15) is 0 Å². The smallest absolute Gasteiger partial charge is 0.166 e. The summed E-state index contributed by atoms with van der Waals surface area (Å²) in [4.78, 5) is 0. The summed E-state index contributed by atoms with van der Waals surface area (Å²) in [6.07, 6.45) is 27.1. The van der Waals surface area contributed by atoms with E-state index in [9.17, 15) is 8.78 Å². The molecule has 0 saturated heterocycles. The van der Waals surface area contributed by atoms with Gasteiger partial charge in [0.05, 0.1) is 0 Å². The second-order valence-electron chi connectivity index (χ2n) is 11.9. The quantitative estimate of drug-likeness (QED) is 0.194. The Kier molecular flexibility index (Phi) is 11.2. The summed E-state index contributed by atoms with van der Waals surface area (Å²) in [6, 6.07) is 11.4. The monoisotopic (exact) mass is 518 g/mol. The van der Waals surface area contributed by atoms with E-state index in [1.54, 1.807) is 12.1 Å². The molecular formula is C36H48F2. The average Bonchev–Trinajstić information content (AvgIpc) is 2.95. The highest BCUT2D eigenvalue weighted by Gasteiger charge is 2.27. The third-order valence-corrected chi connectivity index (χ3v) is 9.06. The number of aryl methyl sites for hydroxylation is 2. The van der Waals surface area contributed by atoms with Crippen LogP contribution < -0.4 is 0 Å². The van der Waals surface area contributed by atoms with E-state index in [0.29, 0.717) is 17.5 Å². The van der Waals surface area contributed by atoms with Gasteiger partial charge in [0.15, 0.2) is 11.6 Å². The van der Waals surface area contributed by atoms with Crippen LogP contribution in [0.2, 0.25) is 0 Å². The van der Waals surface area contributed by atoms with Crippen LogP contribution in [-0.4, -0.2) is 0 Å². The lowest BCUT2D eigenvalue weighted by Crippen LogP contribution is -2.22. The molecule has 4 rings (SSSR count). The third-order valence-electron chi connectivity index (χ3n) is 9.06. The summed E-state index contributed by atoms with van der Waals surface area (Å²) in [5.41, 5.74) is 2.78. The van der Waals surface area contributed by atoms with E-state index in [1.807, 2.05) is 19.1 Å². The van der Waals surface area contributed by atoms with Crippen molar-refractivity contribution in [1.29, 1.82) is 0 Å². The molecule has 0 amide bonds. The summed E-state index contributed by atoms with van der Waals surface area (Å²) in [6.45, 7) is 4.27. The Labute approximate surface area is 230 Å². The van der Waals surface area contributed by atoms with Gasteiger partial charge < -0.3 is 0 Å². The van der Waals surface area contributed by atoms with Crippen molar-refractivity contribution in [1.82, 2.24) is 0 Å². The molecule has 0 heterocycles. The van der Waals surface area contributed by atoms with Gasteiger partial charge in [-0.25, -0.2) is 8.78 Å². The van der Waals surface area contributed by atoms with Gasteiger partial charge in [-0.1, -0.05) is 100 Å². The van der Waals surface area contributed by atoms with Crippen molar-refractivity contribution in [3.8, 4) is 11.1 Å². The van der Waals surface area contributed by atoms with Crippen LogP contribution >= 0.6 is 0 Å². The first-order valence-corrected chi connectivity index (χ1v) is 15.5. The van der Waals surface area contributed by atoms with E-state index in [1.165, 1.54) is 69.8 Å². The van der Waals surface area contributed by atoms with Crippen molar-refractivity contribution in [3.63, 3.8) is 0 Å². The molecule has 1 fully saturated rings. The first kappa shape index (κ1) is 28.8. The van der Waals surface area contributed by atoms with Gasteiger partial charge in [-0.3, -0.25) is 0 Å². The lowest BCUT2D eigenvalue weighted by molar-refractivity contribution is 0.230. The van der Waals surface area contributed by atoms with Crippen molar-refractivity contribution in [2.45, 2.75) is 104 Å². The predicted octanol–water partition coefficient (Wildman–Crippen LogP) is 11.0. The molecule has 2 heteroatoms. The molecular weight excluding hydrogens is 470 g/mol. The van der Waals surface area contributed by atoms with Crippen LogP contribution in [0.4, 0.5) is 8.78 Å². The zero-order valence-corrected chi connectivity index (χ0v) is 23.7. The molecule has 0 spiro atoms. The fourth-order valence-corrected chi connectivity index (χ4v) is 6.62. The Morgan fingerprint density at radius 3 is 2.24 bits per heavy atom. The number of unbranched alkanes of at least 4 members (excludes halogenated alkanes) is 2. The van der Waals surface area contributed by atoms with E-state index in [-0.39, 0.29) is 0 Å². The van der Waals surface area contributed by atoms with Crippen LogP contribution in [0.5, 0.6) is 0 Å². The molecule has 0 bridgehead atoms. The standard InChI is InChI=1S/C36H48F2/c1-3-5-6-10-27-13-19-30(20-14-27)31-21-15-28(16-22-31)11-7-8-12-29-17-23-32(24-18-29)34-26-25-33(9-4-2)35(37)36(34)38/h7,11,13,17-19,23-28,30-31H,3-6,8-10,12,14-16,20-22H2,1-2H3. The maximum Gasteiger partial charge on any atom is 0.166 e. The second kappa shape index (κ2) is 14.8. The van der Waals surface area contributed by atoms with Crippen LogP contribution in [0.1, 0.15) is 102 Å². The predicted molar refractivity (Wildman–Crippen MR) is 158 cm³/mol. The fraction of sp³-hybridized carbons (Fsp3) is 0.556. The zero-order chi connectivity index (χ0) is 26.7. The maximum atomic E-state index is 14.6. The first-order valence-electron chi connectivity index (χ1n) is 15.5. The highest BCUT2D eigenvalue weighted by atomic mass is 19.2. The molecule has 2 atom stereocenters. The summed E-state index contributed by atoms with van der Waals surface area (Å²) in [5.74, 6) is 1.87. The molecule has 0 nitrogen and oxygen atoms in total. The van der Waals surface area contributed by atoms with Crippen molar-refractivity contribution in [2.75, 3.05) is 0 Å². The minimum absolute atomic E-state index is 0.347. The molecule has 38 heavy (non-hydrogen) atoms. The number of hydrogen-bond acceptors (Lipinski definition) is 0. The maximum absolute atomic E-state index is 14.6. The van der Waals surface area contributed by atoms with Crippen LogP contribution in [0.3, 0.4) is 0 Å². The third kappa shape index (κ3) is 7.90. The summed E-state index contributed by atoms with van der Waals surface area (Å²) >= 11 is 0. The Balaban J connectivity index is 1.18. The van der Waals surface area contributed by atoms with Crippen molar-refractivity contribution < 1.29 is 8.78 Å². The van der Waals surface area contributed by atoms with Gasteiger partial charge in [0.25, 0.3) is 0 Å². The van der Waals surface area contributed by atoms with Gasteiger partial charge in [-0.05, 0) is 105 Å². The van der Waals surface area contributed by atoms with Crippen LogP contribution in [0.25, 0.3) is 11.1 Å². The number of hydrogen-bond donors (Lipinski definition) is 0. The molecule has 2 aromatic rings. The van der Waals surface area contributed by atoms with E-state index >= 15 is 0 Å². The Morgan fingerprint density at radius 2 is 1.55 bits per heavy atom. The van der Waals surface area contributed by atoms with Crippen molar-refractivity contribution in [3.05, 3.63) is 83.5 Å². The van der Waals surface area contributed by atoms with Gasteiger partial charge in [0.2, 0.25) is 0 Å². The Hall–Kier alpha value is -2.22. The van der Waals surface area contributed by atoms with Gasteiger partial charge in [0, 0.05) is 5.56 Å². The van der Waals surface area contributed by atoms with E-state index in [4.69, 9.17) is 0 Å². The molecule has 2 unspecified atom stereocenters. The molecule has 2 aliphatic rings. The normalized spacial score (nSPS) is 23.8. The van der Waals surface area contributed by atoms with E-state index in [2.05, 4.69) is 43.4 Å². The largest absolute Gasteiger partial charge is 0.203 e.